The van der Waals surface area contributed by atoms with Gasteiger partial charge in [0.2, 0.25) is 0 Å². The lowest BCUT2D eigenvalue weighted by Gasteiger charge is -1.92. The van der Waals surface area contributed by atoms with Crippen LogP contribution in [0.2, 0.25) is 0 Å². The van der Waals surface area contributed by atoms with E-state index in [1.54, 1.807) is 24.3 Å². The van der Waals surface area contributed by atoms with Crippen molar-refractivity contribution in [3.8, 4) is 5.75 Å². The molecule has 0 radical (unpaired) electrons. The molecule has 54 valence electrons. The zero-order valence-electron chi connectivity index (χ0n) is 5.70. The molecule has 0 saturated carbocycles. The van der Waals surface area contributed by atoms with Crippen molar-refractivity contribution < 1.29 is 9.53 Å². The Bertz CT molecular complexity index is 313. The first kappa shape index (κ1) is 6.13. The van der Waals surface area contributed by atoms with Gasteiger partial charge in [-0.1, -0.05) is 0 Å². The first-order valence-electron chi connectivity index (χ1n) is 3.26. The Morgan fingerprint density at radius 2 is 2.55 bits per heavy atom. The van der Waals surface area contributed by atoms with Gasteiger partial charge in [-0.05, 0) is 12.1 Å². The third-order valence-corrected chi connectivity index (χ3v) is 1.52. The summed E-state index contributed by atoms with van der Waals surface area (Å²) in [5.74, 6) is 2.71. The van der Waals surface area contributed by atoms with E-state index < -0.39 is 0 Å². The summed E-state index contributed by atoms with van der Waals surface area (Å²) in [6.07, 6.45) is 2.15. The number of nitrogens with zero attached hydrogens (tertiary/aromatic N) is 1. The topological polar surface area (TPSA) is 39.2 Å². The molecule has 0 atom stereocenters. The molecule has 0 N–H and O–H groups in total. The average Bonchev–Trinajstić information content (AvgIpc) is 2.46. The smallest absolute Gasteiger partial charge is 0.193 e. The first-order valence-corrected chi connectivity index (χ1v) is 3.26. The Kier molecular flexibility index (Phi) is 1.24. The van der Waals surface area contributed by atoms with E-state index in [0.717, 1.165) is 5.69 Å². The van der Waals surface area contributed by atoms with Crippen LogP contribution in [0.4, 0.5) is 0 Å². The highest BCUT2D eigenvalue weighted by Gasteiger charge is 2.18. The van der Waals surface area contributed by atoms with Gasteiger partial charge < -0.3 is 4.74 Å². The van der Waals surface area contributed by atoms with Gasteiger partial charge in [-0.2, -0.15) is 0 Å². The highest BCUT2D eigenvalue weighted by Crippen LogP contribution is 2.26. The van der Waals surface area contributed by atoms with E-state index in [9.17, 15) is 4.79 Å². The third kappa shape index (κ3) is 0.914. The highest BCUT2D eigenvalue weighted by molar-refractivity contribution is 5.55. The molecular weight excluding hydrogens is 142 g/mol. The van der Waals surface area contributed by atoms with E-state index in [1.165, 1.54) is 0 Å². The molecule has 3 nitrogen and oxygen atoms in total. The van der Waals surface area contributed by atoms with Gasteiger partial charge in [-0.15, -0.1) is 0 Å². The maximum absolute atomic E-state index is 10.2. The summed E-state index contributed by atoms with van der Waals surface area (Å²) in [5.41, 5.74) is 0.811. The number of hydrogen-bond donors (Lipinski definition) is 0. The molecule has 0 fully saturated rings. The fourth-order valence-electron chi connectivity index (χ4n) is 1.03. The second kappa shape index (κ2) is 2.22. The Hall–Kier alpha value is -1.60. The van der Waals surface area contributed by atoms with Gasteiger partial charge in [0.1, 0.15) is 5.75 Å². The highest BCUT2D eigenvalue weighted by atomic mass is 16.5. The van der Waals surface area contributed by atoms with Gasteiger partial charge in [0.15, 0.2) is 11.7 Å². The van der Waals surface area contributed by atoms with E-state index in [0.29, 0.717) is 17.9 Å². The first-order chi connectivity index (χ1) is 5.40. The van der Waals surface area contributed by atoms with Crippen molar-refractivity contribution in [3.63, 3.8) is 0 Å². The van der Waals surface area contributed by atoms with Crippen molar-refractivity contribution >= 4 is 5.94 Å². The molecule has 0 aromatic carbocycles. The van der Waals surface area contributed by atoms with Crippen molar-refractivity contribution in [1.29, 1.82) is 0 Å². The number of aromatic nitrogens is 1. The summed E-state index contributed by atoms with van der Waals surface area (Å²) >= 11 is 0. The fourth-order valence-corrected chi connectivity index (χ4v) is 1.03. The Morgan fingerprint density at radius 1 is 1.64 bits per heavy atom. The van der Waals surface area contributed by atoms with E-state index in [1.807, 2.05) is 0 Å². The molecule has 1 aliphatic heterocycles. The SMILES string of the molecule is O=C=C1Cc2ncccc2O1. The molecule has 0 spiro atoms. The van der Waals surface area contributed by atoms with Crippen LogP contribution in [-0.2, 0) is 11.2 Å². The van der Waals surface area contributed by atoms with E-state index in [2.05, 4.69) is 4.98 Å². The molecule has 0 amide bonds. The summed E-state index contributed by atoms with van der Waals surface area (Å²) < 4.78 is 5.09. The van der Waals surface area contributed by atoms with Crippen molar-refractivity contribution in [3.05, 3.63) is 29.8 Å². The average molecular weight is 147 g/mol. The monoisotopic (exact) mass is 147 g/mol. The molecule has 2 rings (SSSR count). The minimum Gasteiger partial charge on any atom is -0.448 e. The predicted molar refractivity (Wildman–Crippen MR) is 37.8 cm³/mol. The molecule has 0 saturated heterocycles. The lowest BCUT2D eigenvalue weighted by Crippen LogP contribution is -1.86. The Morgan fingerprint density at radius 3 is 3.27 bits per heavy atom. The maximum Gasteiger partial charge on any atom is 0.193 e. The van der Waals surface area contributed by atoms with Crippen molar-refractivity contribution in [2.24, 2.45) is 0 Å². The Labute approximate surface area is 63.3 Å². The molecule has 1 aromatic rings. The van der Waals surface area contributed by atoms with Crippen LogP contribution in [-0.4, -0.2) is 10.9 Å². The van der Waals surface area contributed by atoms with Gasteiger partial charge in [-0.25, -0.2) is 4.79 Å². The van der Waals surface area contributed by atoms with Gasteiger partial charge in [0.05, 0.1) is 12.1 Å². The number of fused-ring (bicyclic) bond motifs is 1. The molecular formula is C8H5NO2. The molecule has 0 aliphatic carbocycles. The minimum absolute atomic E-state index is 0.318. The lowest BCUT2D eigenvalue weighted by molar-refractivity contribution is 0.444. The number of carbonyl (C=O) groups excluding carboxylic acids is 1. The minimum atomic E-state index is 0.318. The molecule has 0 unspecified atom stereocenters. The van der Waals surface area contributed by atoms with Crippen LogP contribution in [0.5, 0.6) is 5.75 Å². The predicted octanol–water partition coefficient (Wildman–Crippen LogP) is 0.732. The maximum atomic E-state index is 10.2. The fraction of sp³-hybridized carbons (Fsp3) is 0.125. The van der Waals surface area contributed by atoms with E-state index in [-0.39, 0.29) is 0 Å². The van der Waals surface area contributed by atoms with Crippen LogP contribution < -0.4 is 4.74 Å². The molecule has 11 heavy (non-hydrogen) atoms. The van der Waals surface area contributed by atoms with E-state index in [4.69, 9.17) is 4.74 Å². The van der Waals surface area contributed by atoms with E-state index >= 15 is 0 Å². The standard InChI is InChI=1S/C8H5NO2/c10-5-6-4-7-8(11-6)2-1-3-9-7/h1-3H,4H2. The van der Waals surface area contributed by atoms with Gasteiger partial charge in [-0.3, -0.25) is 4.98 Å². The number of ether oxygens (including phenoxy) is 1. The quantitative estimate of drug-likeness (QED) is 0.508. The molecule has 1 aliphatic rings. The molecule has 1 aromatic heterocycles. The van der Waals surface area contributed by atoms with Crippen LogP contribution in [0.25, 0.3) is 0 Å². The summed E-state index contributed by atoms with van der Waals surface area (Å²) in [4.78, 5) is 14.2. The molecule has 2 heterocycles. The number of hydrogen-bond acceptors (Lipinski definition) is 3. The second-order valence-corrected chi connectivity index (χ2v) is 2.25. The normalized spacial score (nSPS) is 13.6. The van der Waals surface area contributed by atoms with Gasteiger partial charge in [0, 0.05) is 6.20 Å². The second-order valence-electron chi connectivity index (χ2n) is 2.25. The summed E-state index contributed by atoms with van der Waals surface area (Å²) in [5, 5.41) is 0. The zero-order chi connectivity index (χ0) is 7.68. The van der Waals surface area contributed by atoms with Crippen LogP contribution in [0.15, 0.2) is 24.1 Å². The van der Waals surface area contributed by atoms with Gasteiger partial charge >= 0.3 is 0 Å². The van der Waals surface area contributed by atoms with Crippen LogP contribution in [0.3, 0.4) is 0 Å². The zero-order valence-corrected chi connectivity index (χ0v) is 5.70. The summed E-state index contributed by atoms with van der Waals surface area (Å²) in [6, 6.07) is 3.55. The summed E-state index contributed by atoms with van der Waals surface area (Å²) in [6.45, 7) is 0. The number of pyridine rings is 1. The van der Waals surface area contributed by atoms with Crippen LogP contribution in [0.1, 0.15) is 5.69 Å². The van der Waals surface area contributed by atoms with Crippen LogP contribution in [0, 0.1) is 0 Å². The lowest BCUT2D eigenvalue weighted by atomic mass is 10.3. The largest absolute Gasteiger partial charge is 0.448 e. The van der Waals surface area contributed by atoms with Crippen molar-refractivity contribution in [1.82, 2.24) is 4.98 Å². The Balaban J connectivity index is 2.48. The third-order valence-electron chi connectivity index (χ3n) is 1.52. The number of rotatable bonds is 0. The number of allylic oxidation sites excluding steroid dienone is 1. The van der Waals surface area contributed by atoms with Gasteiger partial charge in [0.25, 0.3) is 0 Å². The van der Waals surface area contributed by atoms with Crippen molar-refractivity contribution in [2.45, 2.75) is 6.42 Å². The molecule has 3 heteroatoms. The van der Waals surface area contributed by atoms with Crippen LogP contribution >= 0.6 is 0 Å². The summed E-state index contributed by atoms with van der Waals surface area (Å²) in [7, 11) is 0. The van der Waals surface area contributed by atoms with Crippen molar-refractivity contribution in [2.75, 3.05) is 0 Å². The molecule has 0 bridgehead atoms.